The van der Waals surface area contributed by atoms with Crippen LogP contribution in [0.3, 0.4) is 0 Å². The van der Waals surface area contributed by atoms with Crippen molar-refractivity contribution in [3.05, 3.63) is 24.5 Å². The van der Waals surface area contributed by atoms with Crippen molar-refractivity contribution in [2.24, 2.45) is 11.8 Å². The summed E-state index contributed by atoms with van der Waals surface area (Å²) >= 11 is 0. The van der Waals surface area contributed by atoms with Crippen LogP contribution in [-0.2, 0) is 9.53 Å². The molecule has 1 saturated heterocycles. The second-order valence-corrected chi connectivity index (χ2v) is 4.22. The van der Waals surface area contributed by atoms with Crippen molar-refractivity contribution in [3.8, 4) is 0 Å². The fraction of sp³-hybridized carbons (Fsp3) is 0.500. The minimum Gasteiger partial charge on any atom is -0.469 e. The number of rotatable bonds is 2. The van der Waals surface area contributed by atoms with Crippen molar-refractivity contribution in [2.45, 2.75) is 6.92 Å². The topological polar surface area (TPSA) is 42.4 Å². The van der Waals surface area contributed by atoms with Gasteiger partial charge in [-0.1, -0.05) is 6.92 Å². The zero-order valence-electron chi connectivity index (χ0n) is 9.59. The number of hydrogen-bond donors (Lipinski definition) is 0. The van der Waals surface area contributed by atoms with E-state index in [1.165, 1.54) is 7.11 Å². The zero-order valence-corrected chi connectivity index (χ0v) is 9.59. The number of carbonyl (C=O) groups is 1. The van der Waals surface area contributed by atoms with Gasteiger partial charge in [0.05, 0.1) is 13.0 Å². The van der Waals surface area contributed by atoms with Crippen molar-refractivity contribution >= 4 is 11.7 Å². The summed E-state index contributed by atoms with van der Waals surface area (Å²) in [5, 5.41) is 0. The predicted molar refractivity (Wildman–Crippen MR) is 61.1 cm³/mol. The molecule has 4 nitrogen and oxygen atoms in total. The third-order valence-electron chi connectivity index (χ3n) is 3.14. The van der Waals surface area contributed by atoms with Gasteiger partial charge in [-0.05, 0) is 18.1 Å². The molecule has 2 atom stereocenters. The molecule has 2 heterocycles. The lowest BCUT2D eigenvalue weighted by Gasteiger charge is -2.17. The van der Waals surface area contributed by atoms with E-state index in [4.69, 9.17) is 4.74 Å². The van der Waals surface area contributed by atoms with Gasteiger partial charge in [0, 0.05) is 31.2 Å². The molecule has 1 fully saturated rings. The number of carbonyl (C=O) groups excluding carboxylic acids is 1. The molecule has 0 aliphatic carbocycles. The van der Waals surface area contributed by atoms with Crippen molar-refractivity contribution in [3.63, 3.8) is 0 Å². The quantitative estimate of drug-likeness (QED) is 0.705. The van der Waals surface area contributed by atoms with Gasteiger partial charge in [-0.25, -0.2) is 0 Å². The van der Waals surface area contributed by atoms with Crippen LogP contribution in [0.15, 0.2) is 24.5 Å². The Morgan fingerprint density at radius 1 is 1.44 bits per heavy atom. The summed E-state index contributed by atoms with van der Waals surface area (Å²) in [7, 11) is 1.45. The van der Waals surface area contributed by atoms with E-state index in [2.05, 4.69) is 16.8 Å². The number of pyridine rings is 1. The van der Waals surface area contributed by atoms with Crippen LogP contribution in [0, 0.1) is 11.8 Å². The maximum atomic E-state index is 11.5. The molecule has 1 aliphatic rings. The van der Waals surface area contributed by atoms with E-state index in [9.17, 15) is 4.79 Å². The lowest BCUT2D eigenvalue weighted by atomic mass is 9.99. The molecule has 2 rings (SSSR count). The largest absolute Gasteiger partial charge is 0.469 e. The summed E-state index contributed by atoms with van der Waals surface area (Å²) in [5.74, 6) is 0.211. The molecular weight excluding hydrogens is 204 g/mol. The standard InChI is InChI=1S/C12H16N2O2/c1-9-7-14(8-11(9)12(15)16-2)10-3-5-13-6-4-10/h3-6,9,11H,7-8H2,1-2H3. The van der Waals surface area contributed by atoms with Gasteiger partial charge < -0.3 is 9.64 Å². The van der Waals surface area contributed by atoms with Crippen LogP contribution in [0.1, 0.15) is 6.92 Å². The molecule has 0 N–H and O–H groups in total. The Kier molecular flexibility index (Phi) is 3.08. The van der Waals surface area contributed by atoms with E-state index < -0.39 is 0 Å². The molecule has 0 saturated carbocycles. The highest BCUT2D eigenvalue weighted by Gasteiger charge is 2.35. The molecule has 16 heavy (non-hydrogen) atoms. The van der Waals surface area contributed by atoms with Gasteiger partial charge in [0.1, 0.15) is 0 Å². The van der Waals surface area contributed by atoms with E-state index in [0.717, 1.165) is 18.8 Å². The van der Waals surface area contributed by atoms with Gasteiger partial charge in [0.2, 0.25) is 0 Å². The van der Waals surface area contributed by atoms with Gasteiger partial charge in [-0.3, -0.25) is 9.78 Å². The Morgan fingerprint density at radius 3 is 2.75 bits per heavy atom. The molecule has 0 bridgehead atoms. The first-order valence-corrected chi connectivity index (χ1v) is 5.45. The maximum Gasteiger partial charge on any atom is 0.310 e. The molecular formula is C12H16N2O2. The molecule has 0 radical (unpaired) electrons. The van der Waals surface area contributed by atoms with E-state index in [1.54, 1.807) is 12.4 Å². The van der Waals surface area contributed by atoms with Crippen molar-refractivity contribution < 1.29 is 9.53 Å². The number of nitrogens with zero attached hydrogens (tertiary/aromatic N) is 2. The number of aromatic nitrogens is 1. The van der Waals surface area contributed by atoms with Crippen LogP contribution in [-0.4, -0.2) is 31.2 Å². The number of methoxy groups -OCH3 is 1. The Labute approximate surface area is 95.2 Å². The van der Waals surface area contributed by atoms with Gasteiger partial charge in [0.15, 0.2) is 0 Å². The van der Waals surface area contributed by atoms with Gasteiger partial charge in [-0.2, -0.15) is 0 Å². The predicted octanol–water partition coefficient (Wildman–Crippen LogP) is 1.33. The summed E-state index contributed by atoms with van der Waals surface area (Å²) in [5.41, 5.74) is 1.12. The average molecular weight is 220 g/mol. The third kappa shape index (κ3) is 2.01. The van der Waals surface area contributed by atoms with Crippen LogP contribution in [0.5, 0.6) is 0 Å². The molecule has 1 aromatic heterocycles. The fourth-order valence-corrected chi connectivity index (χ4v) is 2.19. The first-order chi connectivity index (χ1) is 7.72. The molecule has 1 aliphatic heterocycles. The monoisotopic (exact) mass is 220 g/mol. The van der Waals surface area contributed by atoms with Crippen LogP contribution in [0.4, 0.5) is 5.69 Å². The van der Waals surface area contributed by atoms with E-state index >= 15 is 0 Å². The molecule has 4 heteroatoms. The van der Waals surface area contributed by atoms with E-state index in [-0.39, 0.29) is 11.9 Å². The highest BCUT2D eigenvalue weighted by Crippen LogP contribution is 2.28. The van der Waals surface area contributed by atoms with Crippen LogP contribution < -0.4 is 4.90 Å². The Bertz CT molecular complexity index is 367. The number of esters is 1. The summed E-state index contributed by atoms with van der Waals surface area (Å²) in [6.45, 7) is 3.71. The molecule has 86 valence electrons. The Balaban J connectivity index is 2.10. The van der Waals surface area contributed by atoms with Crippen LogP contribution in [0.25, 0.3) is 0 Å². The third-order valence-corrected chi connectivity index (χ3v) is 3.14. The first-order valence-electron chi connectivity index (χ1n) is 5.45. The summed E-state index contributed by atoms with van der Waals surface area (Å²) in [6.07, 6.45) is 3.54. The average Bonchev–Trinajstić information content (AvgIpc) is 2.71. The fourth-order valence-electron chi connectivity index (χ4n) is 2.19. The number of anilines is 1. The van der Waals surface area contributed by atoms with Crippen molar-refractivity contribution in [1.29, 1.82) is 0 Å². The number of hydrogen-bond acceptors (Lipinski definition) is 4. The SMILES string of the molecule is COC(=O)C1CN(c2ccncc2)CC1C. The van der Waals surface area contributed by atoms with Gasteiger partial charge >= 0.3 is 5.97 Å². The smallest absolute Gasteiger partial charge is 0.310 e. The molecule has 0 amide bonds. The number of ether oxygens (including phenoxy) is 1. The summed E-state index contributed by atoms with van der Waals surface area (Å²) in [4.78, 5) is 17.7. The lowest BCUT2D eigenvalue weighted by Crippen LogP contribution is -2.24. The van der Waals surface area contributed by atoms with Crippen molar-refractivity contribution in [1.82, 2.24) is 4.98 Å². The van der Waals surface area contributed by atoms with Crippen molar-refractivity contribution in [2.75, 3.05) is 25.1 Å². The highest BCUT2D eigenvalue weighted by molar-refractivity contribution is 5.74. The minimum atomic E-state index is -0.107. The van der Waals surface area contributed by atoms with E-state index in [0.29, 0.717) is 5.92 Å². The molecule has 2 unspecified atom stereocenters. The van der Waals surface area contributed by atoms with E-state index in [1.807, 2.05) is 12.1 Å². The summed E-state index contributed by atoms with van der Waals surface area (Å²) < 4.78 is 4.81. The second kappa shape index (κ2) is 4.51. The molecule has 0 spiro atoms. The Morgan fingerprint density at radius 2 is 2.12 bits per heavy atom. The van der Waals surface area contributed by atoms with Gasteiger partial charge in [-0.15, -0.1) is 0 Å². The Hall–Kier alpha value is -1.58. The maximum absolute atomic E-state index is 11.5. The zero-order chi connectivity index (χ0) is 11.5. The first kappa shape index (κ1) is 10.9. The lowest BCUT2D eigenvalue weighted by molar-refractivity contribution is -0.145. The van der Waals surface area contributed by atoms with Crippen LogP contribution in [0.2, 0.25) is 0 Å². The highest BCUT2D eigenvalue weighted by atomic mass is 16.5. The molecule has 1 aromatic rings. The van der Waals surface area contributed by atoms with Gasteiger partial charge in [0.25, 0.3) is 0 Å². The summed E-state index contributed by atoms with van der Waals surface area (Å²) in [6, 6.07) is 3.93. The second-order valence-electron chi connectivity index (χ2n) is 4.22. The normalized spacial score (nSPS) is 24.5. The van der Waals surface area contributed by atoms with Crippen LogP contribution >= 0.6 is 0 Å². The minimum absolute atomic E-state index is 0.0156. The molecule has 0 aromatic carbocycles.